The minimum absolute atomic E-state index is 0.117. The molecule has 0 bridgehead atoms. The van der Waals surface area contributed by atoms with Gasteiger partial charge < -0.3 is 4.42 Å². The number of alkyl halides is 2. The average Bonchev–Trinajstić information content (AvgIpc) is 3.40. The quantitative estimate of drug-likeness (QED) is 0.371. The summed E-state index contributed by atoms with van der Waals surface area (Å²) in [6.45, 7) is -0.171. The summed E-state index contributed by atoms with van der Waals surface area (Å²) in [5.41, 5.74) is 1.27. The van der Waals surface area contributed by atoms with Gasteiger partial charge >= 0.3 is 12.1 Å². The van der Waals surface area contributed by atoms with E-state index in [1.165, 1.54) is 39.5 Å². The fourth-order valence-corrected chi connectivity index (χ4v) is 4.20. The molecule has 2 aromatic heterocycles. The number of rotatable bonds is 5. The molecule has 3 heterocycles. The van der Waals surface area contributed by atoms with Crippen LogP contribution in [0.1, 0.15) is 17.9 Å². The van der Waals surface area contributed by atoms with Gasteiger partial charge in [-0.1, -0.05) is 6.07 Å². The van der Waals surface area contributed by atoms with E-state index in [0.29, 0.717) is 22.5 Å². The monoisotopic (exact) mass is 474 g/mol. The average molecular weight is 474 g/mol. The van der Waals surface area contributed by atoms with Gasteiger partial charge in [-0.05, 0) is 47.9 Å². The number of thioether (sulfide) groups is 1. The lowest BCUT2D eigenvalue weighted by atomic mass is 10.1. The van der Waals surface area contributed by atoms with Crippen LogP contribution in [0.3, 0.4) is 0 Å². The van der Waals surface area contributed by atoms with E-state index in [2.05, 4.69) is 10.2 Å². The molecular weight excluding hydrogens is 460 g/mol. The van der Waals surface area contributed by atoms with Crippen molar-refractivity contribution < 1.29 is 22.0 Å². The maximum atomic E-state index is 14.9. The van der Waals surface area contributed by atoms with Gasteiger partial charge in [0.25, 0.3) is 5.89 Å². The third kappa shape index (κ3) is 3.88. The Hall–Kier alpha value is -3.60. The molecule has 0 radical (unpaired) electrons. The van der Waals surface area contributed by atoms with Crippen molar-refractivity contribution in [3.8, 4) is 11.5 Å². The van der Waals surface area contributed by atoms with E-state index < -0.39 is 29.6 Å². The summed E-state index contributed by atoms with van der Waals surface area (Å²) in [5.74, 6) is -1.66. The van der Waals surface area contributed by atoms with Crippen molar-refractivity contribution in [2.75, 3.05) is 5.75 Å². The first-order chi connectivity index (χ1) is 15.9. The van der Waals surface area contributed by atoms with E-state index in [-0.39, 0.29) is 23.6 Å². The summed E-state index contributed by atoms with van der Waals surface area (Å²) in [4.78, 5) is 13.3. The highest BCUT2D eigenvalue weighted by Crippen LogP contribution is 2.27. The first-order valence-electron chi connectivity index (χ1n) is 9.72. The molecule has 0 aliphatic carbocycles. The first kappa shape index (κ1) is 21.3. The van der Waals surface area contributed by atoms with Gasteiger partial charge in [0.05, 0.1) is 17.6 Å². The van der Waals surface area contributed by atoms with Crippen molar-refractivity contribution in [1.29, 1.82) is 0 Å². The van der Waals surface area contributed by atoms with Gasteiger partial charge in [0.15, 0.2) is 0 Å². The van der Waals surface area contributed by atoms with E-state index in [1.807, 2.05) is 11.5 Å². The molecule has 0 unspecified atom stereocenters. The van der Waals surface area contributed by atoms with E-state index in [0.717, 1.165) is 6.07 Å². The number of nitrogens with zero attached hydrogens (tertiary/aromatic N) is 4. The lowest BCUT2D eigenvalue weighted by molar-refractivity contribution is 0.116. The molecule has 0 spiro atoms. The highest BCUT2D eigenvalue weighted by molar-refractivity contribution is 8.02. The summed E-state index contributed by atoms with van der Waals surface area (Å²) >= 11 is 1.57. The van der Waals surface area contributed by atoms with Crippen LogP contribution in [0.25, 0.3) is 28.2 Å². The Bertz CT molecular complexity index is 1490. The van der Waals surface area contributed by atoms with Crippen LogP contribution in [-0.2, 0) is 6.54 Å². The van der Waals surface area contributed by atoms with E-state index in [1.54, 1.807) is 17.8 Å². The molecule has 1 aliphatic heterocycles. The highest BCUT2D eigenvalue weighted by Gasteiger charge is 2.20. The van der Waals surface area contributed by atoms with Crippen LogP contribution in [0.4, 0.5) is 17.6 Å². The Morgan fingerprint density at radius 2 is 1.94 bits per heavy atom. The standard InChI is InChI=1S/C22H14F4N4O2S/c23-14-3-4-17-18(10-14)29(22(31)30(17)15-5-7-33-8-6-15)11-13-2-1-12(9-16(13)24)20-27-28-21(32-20)19(25)26/h1-7,9-10,19H,8,11H2. The molecule has 0 fully saturated rings. The lowest BCUT2D eigenvalue weighted by Crippen LogP contribution is -2.24. The number of fused-ring (bicyclic) bond motifs is 1. The minimum atomic E-state index is -2.94. The Labute approximate surface area is 187 Å². The van der Waals surface area contributed by atoms with Crippen LogP contribution in [0, 0.1) is 11.6 Å². The van der Waals surface area contributed by atoms with Crippen molar-refractivity contribution in [1.82, 2.24) is 19.3 Å². The molecule has 0 N–H and O–H groups in total. The fraction of sp³-hybridized carbons (Fsp3) is 0.136. The summed E-state index contributed by atoms with van der Waals surface area (Å²) in [6, 6.07) is 7.88. The number of hydrogen-bond donors (Lipinski definition) is 0. The topological polar surface area (TPSA) is 65.8 Å². The van der Waals surface area contributed by atoms with Crippen molar-refractivity contribution in [3.05, 3.63) is 87.5 Å². The van der Waals surface area contributed by atoms with Gasteiger partial charge in [0, 0.05) is 22.6 Å². The second kappa shape index (κ2) is 8.39. The normalized spacial score (nSPS) is 13.8. The molecule has 1 aliphatic rings. The van der Waals surface area contributed by atoms with E-state index >= 15 is 0 Å². The number of allylic oxidation sites excluding steroid dienone is 2. The SMILES string of the molecule is O=c1n(Cc2ccc(-c3nnc(C(F)F)o3)cc2F)c2cc(F)ccc2n1C1=CCSC=C1. The molecular formula is C22H14F4N4O2S. The Morgan fingerprint density at radius 3 is 2.64 bits per heavy atom. The Balaban J connectivity index is 1.56. The zero-order valence-corrected chi connectivity index (χ0v) is 17.5. The minimum Gasteiger partial charge on any atom is -0.415 e. The summed E-state index contributed by atoms with van der Waals surface area (Å²) in [7, 11) is 0. The molecule has 0 amide bonds. The third-order valence-electron chi connectivity index (χ3n) is 5.13. The van der Waals surface area contributed by atoms with Crippen LogP contribution in [0.2, 0.25) is 0 Å². The molecule has 168 valence electrons. The van der Waals surface area contributed by atoms with Crippen LogP contribution in [-0.4, -0.2) is 25.1 Å². The van der Waals surface area contributed by atoms with Gasteiger partial charge in [-0.3, -0.25) is 9.13 Å². The molecule has 2 aromatic carbocycles. The maximum Gasteiger partial charge on any atom is 0.334 e. The lowest BCUT2D eigenvalue weighted by Gasteiger charge is -2.08. The predicted octanol–water partition coefficient (Wildman–Crippen LogP) is 5.22. The number of imidazole rings is 1. The van der Waals surface area contributed by atoms with Crippen molar-refractivity contribution >= 4 is 28.5 Å². The smallest absolute Gasteiger partial charge is 0.334 e. The largest absolute Gasteiger partial charge is 0.415 e. The van der Waals surface area contributed by atoms with Gasteiger partial charge in [-0.15, -0.1) is 22.0 Å². The van der Waals surface area contributed by atoms with Crippen molar-refractivity contribution in [2.45, 2.75) is 13.0 Å². The first-order valence-corrected chi connectivity index (χ1v) is 10.8. The molecule has 0 saturated heterocycles. The predicted molar refractivity (Wildman–Crippen MR) is 116 cm³/mol. The van der Waals surface area contributed by atoms with E-state index in [4.69, 9.17) is 4.42 Å². The van der Waals surface area contributed by atoms with Gasteiger partial charge in [-0.25, -0.2) is 13.6 Å². The second-order valence-corrected chi connectivity index (χ2v) is 8.09. The van der Waals surface area contributed by atoms with Crippen molar-refractivity contribution in [2.24, 2.45) is 0 Å². The fourth-order valence-electron chi connectivity index (χ4n) is 3.59. The number of aromatic nitrogens is 4. The summed E-state index contributed by atoms with van der Waals surface area (Å²) in [5, 5.41) is 8.60. The Kier molecular flexibility index (Phi) is 5.41. The zero-order chi connectivity index (χ0) is 23.1. The molecule has 0 saturated carbocycles. The molecule has 33 heavy (non-hydrogen) atoms. The Morgan fingerprint density at radius 1 is 1.09 bits per heavy atom. The van der Waals surface area contributed by atoms with E-state index in [9.17, 15) is 22.4 Å². The molecule has 11 heteroatoms. The highest BCUT2D eigenvalue weighted by atomic mass is 32.2. The third-order valence-corrected chi connectivity index (χ3v) is 5.82. The summed E-state index contributed by atoms with van der Waals surface area (Å²) < 4.78 is 61.9. The second-order valence-electron chi connectivity index (χ2n) is 7.15. The van der Waals surface area contributed by atoms with Crippen LogP contribution >= 0.6 is 11.8 Å². The van der Waals surface area contributed by atoms with Gasteiger partial charge in [0.2, 0.25) is 5.89 Å². The van der Waals surface area contributed by atoms with Crippen molar-refractivity contribution in [3.63, 3.8) is 0 Å². The van der Waals surface area contributed by atoms with Gasteiger partial charge in [0.1, 0.15) is 11.6 Å². The maximum absolute atomic E-state index is 14.9. The van der Waals surface area contributed by atoms with Gasteiger partial charge in [-0.2, -0.15) is 8.78 Å². The number of halogens is 4. The molecule has 6 nitrogen and oxygen atoms in total. The molecule has 5 rings (SSSR count). The van der Waals surface area contributed by atoms with Crippen LogP contribution < -0.4 is 5.69 Å². The molecule has 0 atom stereocenters. The van der Waals surface area contributed by atoms with Crippen LogP contribution in [0.5, 0.6) is 0 Å². The molecule has 4 aromatic rings. The number of hydrogen-bond acceptors (Lipinski definition) is 5. The zero-order valence-electron chi connectivity index (χ0n) is 16.7. The van der Waals surface area contributed by atoms with Crippen LogP contribution in [0.15, 0.2) is 63.2 Å². The number of benzene rings is 2. The summed E-state index contributed by atoms with van der Waals surface area (Å²) in [6.07, 6.45) is 0.732.